The molecule has 0 bridgehead atoms. The number of pyridine rings is 1. The summed E-state index contributed by atoms with van der Waals surface area (Å²) in [5.74, 6) is -0.272. The monoisotopic (exact) mass is 347 g/mol. The summed E-state index contributed by atoms with van der Waals surface area (Å²) in [5, 5.41) is 8.66. The van der Waals surface area contributed by atoms with Gasteiger partial charge in [-0.3, -0.25) is 14.5 Å². The Labute approximate surface area is 152 Å². The van der Waals surface area contributed by atoms with E-state index in [0.717, 1.165) is 17.0 Å². The second-order valence-corrected chi connectivity index (χ2v) is 6.16. The highest BCUT2D eigenvalue weighted by molar-refractivity contribution is 5.94. The fourth-order valence-corrected chi connectivity index (χ4v) is 2.64. The average molecular weight is 347 g/mol. The lowest BCUT2D eigenvalue weighted by Crippen LogP contribution is -2.17. The SMILES string of the molecule is Cc1ccc(Cn2nc(C)c(/C=N\NC(=O)c3ccncc3)c2C)cc1. The Kier molecular flexibility index (Phi) is 5.22. The van der Waals surface area contributed by atoms with Crippen molar-refractivity contribution in [3.05, 3.63) is 82.4 Å². The van der Waals surface area contributed by atoms with Gasteiger partial charge in [-0.15, -0.1) is 0 Å². The van der Waals surface area contributed by atoms with Crippen LogP contribution >= 0.6 is 0 Å². The van der Waals surface area contributed by atoms with Gasteiger partial charge in [0.05, 0.1) is 18.5 Å². The van der Waals surface area contributed by atoms with Crippen molar-refractivity contribution in [2.75, 3.05) is 0 Å². The summed E-state index contributed by atoms with van der Waals surface area (Å²) < 4.78 is 1.95. The summed E-state index contributed by atoms with van der Waals surface area (Å²) in [6, 6.07) is 11.7. The molecule has 1 aromatic carbocycles. The molecule has 0 unspecified atom stereocenters. The maximum atomic E-state index is 12.0. The van der Waals surface area contributed by atoms with E-state index in [2.05, 4.69) is 51.8 Å². The number of carbonyl (C=O) groups is 1. The summed E-state index contributed by atoms with van der Waals surface area (Å²) >= 11 is 0. The zero-order valence-electron chi connectivity index (χ0n) is 15.1. The molecule has 0 aliphatic rings. The largest absolute Gasteiger partial charge is 0.271 e. The van der Waals surface area contributed by atoms with E-state index in [0.29, 0.717) is 12.1 Å². The van der Waals surface area contributed by atoms with Crippen molar-refractivity contribution in [3.8, 4) is 0 Å². The number of hydrogen-bond donors (Lipinski definition) is 1. The minimum Gasteiger partial charge on any atom is -0.267 e. The third-order valence-corrected chi connectivity index (χ3v) is 4.19. The number of hydrazone groups is 1. The quantitative estimate of drug-likeness (QED) is 0.570. The van der Waals surface area contributed by atoms with Crippen LogP contribution in [0.4, 0.5) is 0 Å². The van der Waals surface area contributed by atoms with Crippen molar-refractivity contribution in [2.24, 2.45) is 5.10 Å². The molecule has 6 heteroatoms. The third kappa shape index (κ3) is 4.03. The highest BCUT2D eigenvalue weighted by Crippen LogP contribution is 2.13. The van der Waals surface area contributed by atoms with Crippen LogP contribution in [0.1, 0.15) is 38.4 Å². The molecule has 0 fully saturated rings. The van der Waals surface area contributed by atoms with Crippen molar-refractivity contribution in [2.45, 2.75) is 27.3 Å². The minimum atomic E-state index is -0.272. The first-order valence-corrected chi connectivity index (χ1v) is 8.37. The molecule has 1 N–H and O–H groups in total. The Morgan fingerprint density at radius 1 is 1.12 bits per heavy atom. The highest BCUT2D eigenvalue weighted by atomic mass is 16.2. The minimum absolute atomic E-state index is 0.272. The number of nitrogens with one attached hydrogen (secondary N) is 1. The van der Waals surface area contributed by atoms with Gasteiger partial charge in [-0.2, -0.15) is 10.2 Å². The van der Waals surface area contributed by atoms with E-state index in [1.165, 1.54) is 11.1 Å². The summed E-state index contributed by atoms with van der Waals surface area (Å²) in [6.45, 7) is 6.71. The van der Waals surface area contributed by atoms with Gasteiger partial charge in [-0.25, -0.2) is 5.43 Å². The second-order valence-electron chi connectivity index (χ2n) is 6.16. The van der Waals surface area contributed by atoms with Crippen LogP contribution in [0.25, 0.3) is 0 Å². The molecule has 0 radical (unpaired) electrons. The fraction of sp³-hybridized carbons (Fsp3) is 0.200. The number of rotatable bonds is 5. The van der Waals surface area contributed by atoms with Crippen LogP contribution < -0.4 is 5.43 Å². The molecule has 3 rings (SSSR count). The van der Waals surface area contributed by atoms with Gasteiger partial charge >= 0.3 is 0 Å². The number of hydrogen-bond acceptors (Lipinski definition) is 4. The van der Waals surface area contributed by atoms with Crippen LogP contribution in [0.2, 0.25) is 0 Å². The molecule has 0 aliphatic heterocycles. The first kappa shape index (κ1) is 17.5. The van der Waals surface area contributed by atoms with Gasteiger partial charge < -0.3 is 0 Å². The third-order valence-electron chi connectivity index (χ3n) is 4.19. The maximum Gasteiger partial charge on any atom is 0.271 e. The Bertz CT molecular complexity index is 927. The fourth-order valence-electron chi connectivity index (χ4n) is 2.64. The Balaban J connectivity index is 1.71. The van der Waals surface area contributed by atoms with E-state index in [1.807, 2.05) is 18.5 Å². The summed E-state index contributed by atoms with van der Waals surface area (Å²) in [4.78, 5) is 15.9. The number of benzene rings is 1. The normalized spacial score (nSPS) is 11.0. The molecule has 26 heavy (non-hydrogen) atoms. The van der Waals surface area contributed by atoms with Crippen LogP contribution in [-0.4, -0.2) is 26.9 Å². The van der Waals surface area contributed by atoms with Crippen LogP contribution in [-0.2, 0) is 6.54 Å². The number of amides is 1. The predicted octanol–water partition coefficient (Wildman–Crippen LogP) is 3.02. The molecule has 3 aromatic rings. The first-order valence-electron chi connectivity index (χ1n) is 8.37. The zero-order valence-corrected chi connectivity index (χ0v) is 15.1. The molecule has 132 valence electrons. The Morgan fingerprint density at radius 2 is 1.81 bits per heavy atom. The lowest BCUT2D eigenvalue weighted by molar-refractivity contribution is 0.0955. The molecule has 2 heterocycles. The predicted molar refractivity (Wildman–Crippen MR) is 101 cm³/mol. The van der Waals surface area contributed by atoms with Crippen molar-refractivity contribution in [3.63, 3.8) is 0 Å². The topological polar surface area (TPSA) is 72.2 Å². The molecule has 2 aromatic heterocycles. The van der Waals surface area contributed by atoms with Crippen molar-refractivity contribution in [1.82, 2.24) is 20.2 Å². The van der Waals surface area contributed by atoms with Gasteiger partial charge in [-0.05, 0) is 38.5 Å². The lowest BCUT2D eigenvalue weighted by atomic mass is 10.1. The molecule has 0 saturated heterocycles. The Hall–Kier alpha value is -3.28. The van der Waals surface area contributed by atoms with Gasteiger partial charge in [0.2, 0.25) is 0 Å². The van der Waals surface area contributed by atoms with Crippen LogP contribution in [0.5, 0.6) is 0 Å². The Morgan fingerprint density at radius 3 is 2.50 bits per heavy atom. The van der Waals surface area contributed by atoms with E-state index in [-0.39, 0.29) is 5.91 Å². The van der Waals surface area contributed by atoms with Gasteiger partial charge in [-0.1, -0.05) is 29.8 Å². The van der Waals surface area contributed by atoms with Crippen LogP contribution in [0.15, 0.2) is 53.9 Å². The van der Waals surface area contributed by atoms with E-state index in [4.69, 9.17) is 0 Å². The number of aromatic nitrogens is 3. The first-order chi connectivity index (χ1) is 12.5. The van der Waals surface area contributed by atoms with Crippen molar-refractivity contribution < 1.29 is 4.79 Å². The average Bonchev–Trinajstić information content (AvgIpc) is 2.91. The molecule has 1 amide bonds. The van der Waals surface area contributed by atoms with Gasteiger partial charge in [0.15, 0.2) is 0 Å². The highest BCUT2D eigenvalue weighted by Gasteiger charge is 2.10. The van der Waals surface area contributed by atoms with E-state index in [9.17, 15) is 4.79 Å². The van der Waals surface area contributed by atoms with Crippen LogP contribution in [0, 0.1) is 20.8 Å². The molecule has 6 nitrogen and oxygen atoms in total. The molecule has 0 aliphatic carbocycles. The van der Waals surface area contributed by atoms with E-state index in [1.54, 1.807) is 30.7 Å². The van der Waals surface area contributed by atoms with Crippen molar-refractivity contribution >= 4 is 12.1 Å². The van der Waals surface area contributed by atoms with Crippen molar-refractivity contribution in [1.29, 1.82) is 0 Å². The molecular formula is C20H21N5O. The summed E-state index contributed by atoms with van der Waals surface area (Å²) in [7, 11) is 0. The van der Waals surface area contributed by atoms with Gasteiger partial charge in [0.1, 0.15) is 0 Å². The summed E-state index contributed by atoms with van der Waals surface area (Å²) in [6.07, 6.45) is 4.78. The number of carbonyl (C=O) groups excluding carboxylic acids is 1. The molecule has 0 saturated carbocycles. The smallest absolute Gasteiger partial charge is 0.267 e. The van der Waals surface area contributed by atoms with E-state index < -0.39 is 0 Å². The summed E-state index contributed by atoms with van der Waals surface area (Å²) in [5.41, 5.74) is 8.26. The van der Waals surface area contributed by atoms with Gasteiger partial charge in [0.25, 0.3) is 5.91 Å². The zero-order chi connectivity index (χ0) is 18.5. The molecular weight excluding hydrogens is 326 g/mol. The number of nitrogens with zero attached hydrogens (tertiary/aromatic N) is 4. The van der Waals surface area contributed by atoms with E-state index >= 15 is 0 Å². The number of aryl methyl sites for hydroxylation is 2. The second kappa shape index (κ2) is 7.74. The molecule has 0 atom stereocenters. The standard InChI is InChI=1S/C20H21N5O/c1-14-4-6-17(7-5-14)13-25-16(3)19(15(2)24-25)12-22-23-20(26)18-8-10-21-11-9-18/h4-12H,13H2,1-3H3,(H,23,26)/b22-12-. The maximum absolute atomic E-state index is 12.0. The molecule has 0 spiro atoms. The lowest BCUT2D eigenvalue weighted by Gasteiger charge is -2.05. The van der Waals surface area contributed by atoms with Crippen LogP contribution in [0.3, 0.4) is 0 Å². The van der Waals surface area contributed by atoms with Gasteiger partial charge in [0, 0.05) is 29.2 Å².